The van der Waals surface area contributed by atoms with Crippen molar-refractivity contribution < 1.29 is 9.53 Å². The second kappa shape index (κ2) is 5.36. The Morgan fingerprint density at radius 3 is 2.50 bits per heavy atom. The average molecular weight is 218 g/mol. The number of benzene rings is 1. The molecule has 0 spiro atoms. The number of hydrogen-bond acceptors (Lipinski definition) is 3. The van der Waals surface area contributed by atoms with Crippen molar-refractivity contribution >= 4 is 12.1 Å². The van der Waals surface area contributed by atoms with Crippen LogP contribution in [0.15, 0.2) is 29.3 Å². The van der Waals surface area contributed by atoms with Crippen LogP contribution in [0.3, 0.4) is 0 Å². The van der Waals surface area contributed by atoms with E-state index in [0.29, 0.717) is 5.56 Å². The Morgan fingerprint density at radius 2 is 2.00 bits per heavy atom. The van der Waals surface area contributed by atoms with Gasteiger partial charge in [-0.3, -0.25) is 0 Å². The minimum Gasteiger partial charge on any atom is -0.443 e. The summed E-state index contributed by atoms with van der Waals surface area (Å²) < 4.78 is 4.74. The Labute approximate surface area is 92.1 Å². The highest BCUT2D eigenvalue weighted by molar-refractivity contribution is 5.87. The summed E-state index contributed by atoms with van der Waals surface area (Å²) in [6.45, 7) is 0.0569. The van der Waals surface area contributed by atoms with Crippen LogP contribution in [0.5, 0.6) is 0 Å². The zero-order chi connectivity index (χ0) is 12.0. The molecular formula is C10H10N4O2. The first-order chi connectivity index (χ1) is 7.61. The molecule has 1 amide bonds. The summed E-state index contributed by atoms with van der Waals surface area (Å²) in [6.07, 6.45) is -0.843. The lowest BCUT2D eigenvalue weighted by Gasteiger charge is -2.01. The van der Waals surface area contributed by atoms with Gasteiger partial charge in [0.2, 0.25) is 0 Å². The third kappa shape index (κ3) is 3.67. The fourth-order valence-corrected chi connectivity index (χ4v) is 0.958. The molecule has 0 saturated carbocycles. The number of guanidine groups is 1. The quantitative estimate of drug-likeness (QED) is 0.553. The molecule has 16 heavy (non-hydrogen) atoms. The van der Waals surface area contributed by atoms with Crippen molar-refractivity contribution in [2.45, 2.75) is 6.61 Å². The Balaban J connectivity index is 2.52. The molecule has 0 saturated heterocycles. The van der Waals surface area contributed by atoms with Gasteiger partial charge in [-0.25, -0.2) is 4.79 Å². The van der Waals surface area contributed by atoms with Crippen LogP contribution in [0, 0.1) is 11.3 Å². The third-order valence-electron chi connectivity index (χ3n) is 1.67. The molecule has 0 bridgehead atoms. The maximum atomic E-state index is 10.9. The van der Waals surface area contributed by atoms with Gasteiger partial charge in [0.05, 0.1) is 11.6 Å². The van der Waals surface area contributed by atoms with Gasteiger partial charge in [0.25, 0.3) is 0 Å². The van der Waals surface area contributed by atoms with E-state index in [0.717, 1.165) is 5.56 Å². The first-order valence-electron chi connectivity index (χ1n) is 4.37. The average Bonchev–Trinajstić information content (AvgIpc) is 2.26. The van der Waals surface area contributed by atoms with Crippen LogP contribution in [0.25, 0.3) is 0 Å². The number of nitrogens with zero attached hydrogens (tertiary/aromatic N) is 2. The van der Waals surface area contributed by atoms with Crippen molar-refractivity contribution in [3.8, 4) is 6.07 Å². The first kappa shape index (κ1) is 11.5. The molecule has 1 rings (SSSR count). The van der Waals surface area contributed by atoms with Crippen molar-refractivity contribution in [2.24, 2.45) is 16.5 Å². The number of rotatable bonds is 2. The molecule has 0 heterocycles. The molecule has 4 N–H and O–H groups in total. The number of aliphatic imine (C=N–C) groups is 1. The van der Waals surface area contributed by atoms with Crippen LogP contribution < -0.4 is 11.5 Å². The lowest BCUT2D eigenvalue weighted by molar-refractivity contribution is 0.151. The Bertz CT molecular complexity index is 441. The minimum atomic E-state index is -0.843. The molecule has 0 atom stereocenters. The number of carbonyl (C=O) groups excluding carboxylic acids is 1. The molecule has 0 radical (unpaired) electrons. The number of nitrogens with two attached hydrogens (primary N) is 2. The normalized spacial score (nSPS) is 8.94. The molecule has 6 nitrogen and oxygen atoms in total. The van der Waals surface area contributed by atoms with Gasteiger partial charge >= 0.3 is 6.09 Å². The van der Waals surface area contributed by atoms with E-state index in [4.69, 9.17) is 21.5 Å². The molecule has 0 unspecified atom stereocenters. The highest BCUT2D eigenvalue weighted by Gasteiger charge is 2.01. The highest BCUT2D eigenvalue weighted by atomic mass is 16.5. The Morgan fingerprint density at radius 1 is 1.38 bits per heavy atom. The number of ether oxygens (including phenoxy) is 1. The summed E-state index contributed by atoms with van der Waals surface area (Å²) in [5.74, 6) is -0.343. The van der Waals surface area contributed by atoms with E-state index in [2.05, 4.69) is 4.99 Å². The molecule has 1 aromatic carbocycles. The van der Waals surface area contributed by atoms with E-state index in [1.54, 1.807) is 24.3 Å². The van der Waals surface area contributed by atoms with Crippen LogP contribution in [0.2, 0.25) is 0 Å². The number of carbonyl (C=O) groups is 1. The largest absolute Gasteiger partial charge is 0.443 e. The SMILES string of the molecule is N#Cc1ccc(COC(=O)N=C(N)N)cc1. The first-order valence-corrected chi connectivity index (χ1v) is 4.37. The van der Waals surface area contributed by atoms with Crippen molar-refractivity contribution in [1.29, 1.82) is 5.26 Å². The molecule has 6 heteroatoms. The number of hydrogen-bond donors (Lipinski definition) is 2. The summed E-state index contributed by atoms with van der Waals surface area (Å²) in [6, 6.07) is 8.60. The molecule has 0 aromatic heterocycles. The van der Waals surface area contributed by atoms with E-state index >= 15 is 0 Å². The number of nitriles is 1. The Hall–Kier alpha value is -2.55. The van der Waals surface area contributed by atoms with E-state index in [1.807, 2.05) is 6.07 Å². The summed E-state index contributed by atoms with van der Waals surface area (Å²) in [7, 11) is 0. The molecule has 0 aliphatic rings. The lowest BCUT2D eigenvalue weighted by atomic mass is 10.2. The highest BCUT2D eigenvalue weighted by Crippen LogP contribution is 2.05. The third-order valence-corrected chi connectivity index (χ3v) is 1.67. The lowest BCUT2D eigenvalue weighted by Crippen LogP contribution is -2.24. The van der Waals surface area contributed by atoms with Crippen LogP contribution in [-0.4, -0.2) is 12.1 Å². The molecular weight excluding hydrogens is 208 g/mol. The van der Waals surface area contributed by atoms with Crippen LogP contribution in [0.1, 0.15) is 11.1 Å². The number of amides is 1. The van der Waals surface area contributed by atoms with Gasteiger partial charge < -0.3 is 16.2 Å². The molecule has 0 aliphatic carbocycles. The van der Waals surface area contributed by atoms with E-state index in [9.17, 15) is 4.79 Å². The van der Waals surface area contributed by atoms with Gasteiger partial charge in [-0.15, -0.1) is 4.99 Å². The standard InChI is InChI=1S/C10H10N4O2/c11-5-7-1-3-8(4-2-7)6-16-10(15)14-9(12)13/h1-4H,6H2,(H4,12,13,14,15). The zero-order valence-corrected chi connectivity index (χ0v) is 8.38. The van der Waals surface area contributed by atoms with Crippen LogP contribution >= 0.6 is 0 Å². The van der Waals surface area contributed by atoms with E-state index in [-0.39, 0.29) is 12.6 Å². The smallest absolute Gasteiger partial charge is 0.437 e. The van der Waals surface area contributed by atoms with Gasteiger partial charge in [0.1, 0.15) is 6.61 Å². The summed E-state index contributed by atoms with van der Waals surface area (Å²) in [5.41, 5.74) is 11.3. The predicted molar refractivity (Wildman–Crippen MR) is 57.2 cm³/mol. The second-order valence-corrected chi connectivity index (χ2v) is 2.90. The topological polar surface area (TPSA) is 114 Å². The van der Waals surface area contributed by atoms with Gasteiger partial charge in [0.15, 0.2) is 5.96 Å². The molecule has 1 aromatic rings. The summed E-state index contributed by atoms with van der Waals surface area (Å²) in [5, 5.41) is 8.56. The Kier molecular flexibility index (Phi) is 3.86. The van der Waals surface area contributed by atoms with Crippen molar-refractivity contribution in [2.75, 3.05) is 0 Å². The fraction of sp³-hybridized carbons (Fsp3) is 0.100. The zero-order valence-electron chi connectivity index (χ0n) is 8.38. The van der Waals surface area contributed by atoms with Crippen LogP contribution in [0.4, 0.5) is 4.79 Å². The minimum absolute atomic E-state index is 0.0569. The predicted octanol–water partition coefficient (Wildman–Crippen LogP) is 0.468. The summed E-state index contributed by atoms with van der Waals surface area (Å²) in [4.78, 5) is 14.1. The summed E-state index contributed by atoms with van der Waals surface area (Å²) >= 11 is 0. The molecule has 0 aliphatic heterocycles. The van der Waals surface area contributed by atoms with Gasteiger partial charge in [0, 0.05) is 0 Å². The van der Waals surface area contributed by atoms with Crippen molar-refractivity contribution in [1.82, 2.24) is 0 Å². The van der Waals surface area contributed by atoms with Crippen LogP contribution in [-0.2, 0) is 11.3 Å². The van der Waals surface area contributed by atoms with Gasteiger partial charge in [-0.1, -0.05) is 12.1 Å². The van der Waals surface area contributed by atoms with Crippen molar-refractivity contribution in [3.05, 3.63) is 35.4 Å². The van der Waals surface area contributed by atoms with Gasteiger partial charge in [-0.05, 0) is 17.7 Å². The van der Waals surface area contributed by atoms with E-state index in [1.165, 1.54) is 0 Å². The monoisotopic (exact) mass is 218 g/mol. The van der Waals surface area contributed by atoms with Gasteiger partial charge in [-0.2, -0.15) is 5.26 Å². The van der Waals surface area contributed by atoms with E-state index < -0.39 is 6.09 Å². The molecule has 0 fully saturated rings. The molecule has 82 valence electrons. The fourth-order valence-electron chi connectivity index (χ4n) is 0.958. The maximum Gasteiger partial charge on any atom is 0.437 e. The second-order valence-electron chi connectivity index (χ2n) is 2.90. The van der Waals surface area contributed by atoms with Crippen molar-refractivity contribution in [3.63, 3.8) is 0 Å². The maximum absolute atomic E-state index is 10.9.